The van der Waals surface area contributed by atoms with Gasteiger partial charge in [-0.05, 0) is 19.1 Å². The Labute approximate surface area is 169 Å². The van der Waals surface area contributed by atoms with Crippen LogP contribution in [0.3, 0.4) is 0 Å². The number of nitrogens with one attached hydrogen (secondary N) is 1. The van der Waals surface area contributed by atoms with Gasteiger partial charge >= 0.3 is 0 Å². The molecule has 7 nitrogen and oxygen atoms in total. The third-order valence-corrected chi connectivity index (χ3v) is 5.35. The number of para-hydroxylation sites is 1. The van der Waals surface area contributed by atoms with Crippen LogP contribution in [0.25, 0.3) is 26.7 Å². The molecule has 1 amide bonds. The molecule has 0 spiro atoms. The van der Waals surface area contributed by atoms with Crippen LogP contribution < -0.4 is 5.32 Å². The zero-order chi connectivity index (χ0) is 19.8. The number of aromatic nitrogens is 4. The average Bonchev–Trinajstić information content (AvgIpc) is 3.46. The molecular formula is C21H15N5O2S. The Hall–Kier alpha value is -3.78. The lowest BCUT2D eigenvalue weighted by molar-refractivity contribution is 0.101. The van der Waals surface area contributed by atoms with Crippen LogP contribution in [0.4, 0.5) is 5.82 Å². The number of hydrogen-bond donors (Lipinski definition) is 1. The predicted octanol–water partition coefficient (Wildman–Crippen LogP) is 4.70. The summed E-state index contributed by atoms with van der Waals surface area (Å²) in [6.45, 7) is 1.86. The monoisotopic (exact) mass is 401 g/mol. The Morgan fingerprint density at radius 2 is 1.86 bits per heavy atom. The maximum absolute atomic E-state index is 12.7. The zero-order valence-electron chi connectivity index (χ0n) is 15.4. The van der Waals surface area contributed by atoms with Crippen molar-refractivity contribution >= 4 is 33.3 Å². The molecule has 142 valence electrons. The van der Waals surface area contributed by atoms with Crippen molar-refractivity contribution in [1.29, 1.82) is 0 Å². The number of amides is 1. The first-order valence-corrected chi connectivity index (χ1v) is 9.75. The van der Waals surface area contributed by atoms with Crippen molar-refractivity contribution in [3.8, 4) is 16.5 Å². The Kier molecular flexibility index (Phi) is 4.18. The van der Waals surface area contributed by atoms with Gasteiger partial charge in [-0.2, -0.15) is 9.78 Å². The maximum Gasteiger partial charge on any atom is 0.279 e. The lowest BCUT2D eigenvalue weighted by Crippen LogP contribution is -2.15. The number of fused-ring (bicyclic) bond motifs is 1. The lowest BCUT2D eigenvalue weighted by Gasteiger charge is -2.04. The number of benzene rings is 2. The van der Waals surface area contributed by atoms with Gasteiger partial charge in [-0.1, -0.05) is 59.0 Å². The number of thiazole rings is 1. The number of nitrogens with zero attached hydrogens (tertiary/aromatic N) is 4. The normalized spacial score (nSPS) is 11.1. The van der Waals surface area contributed by atoms with E-state index in [0.717, 1.165) is 21.5 Å². The van der Waals surface area contributed by atoms with Crippen molar-refractivity contribution in [3.63, 3.8) is 0 Å². The zero-order valence-corrected chi connectivity index (χ0v) is 16.2. The van der Waals surface area contributed by atoms with E-state index in [-0.39, 0.29) is 11.6 Å². The summed E-state index contributed by atoms with van der Waals surface area (Å²) in [5.41, 5.74) is 2.71. The average molecular weight is 401 g/mol. The molecule has 0 aliphatic heterocycles. The molecule has 0 fully saturated rings. The van der Waals surface area contributed by atoms with Gasteiger partial charge in [-0.25, -0.2) is 4.98 Å². The van der Waals surface area contributed by atoms with Crippen molar-refractivity contribution in [3.05, 3.63) is 78.1 Å². The second-order valence-electron chi connectivity index (χ2n) is 6.44. The SMILES string of the molecule is Cc1cc(NC(=O)c2cc(-c3ccccc3)on2)n(-c2nc3ccccc3s2)n1. The summed E-state index contributed by atoms with van der Waals surface area (Å²) in [6, 6.07) is 20.8. The molecule has 5 rings (SSSR count). The van der Waals surface area contributed by atoms with E-state index < -0.39 is 0 Å². The molecule has 0 radical (unpaired) electrons. The number of rotatable bonds is 4. The number of carbonyl (C=O) groups excluding carboxylic acids is 1. The molecule has 1 N–H and O–H groups in total. The fraction of sp³-hybridized carbons (Fsp3) is 0.0476. The van der Waals surface area contributed by atoms with Crippen LogP contribution >= 0.6 is 11.3 Å². The van der Waals surface area contributed by atoms with E-state index in [9.17, 15) is 4.79 Å². The van der Waals surface area contributed by atoms with Crippen molar-refractivity contribution in [2.24, 2.45) is 0 Å². The van der Waals surface area contributed by atoms with E-state index in [2.05, 4.69) is 20.6 Å². The van der Waals surface area contributed by atoms with Crippen molar-refractivity contribution in [2.75, 3.05) is 5.32 Å². The highest BCUT2D eigenvalue weighted by Gasteiger charge is 2.18. The van der Waals surface area contributed by atoms with Crippen LogP contribution in [0.2, 0.25) is 0 Å². The van der Waals surface area contributed by atoms with Crippen LogP contribution in [0.15, 0.2) is 71.3 Å². The summed E-state index contributed by atoms with van der Waals surface area (Å²) in [6.07, 6.45) is 0. The quantitative estimate of drug-likeness (QED) is 0.472. The summed E-state index contributed by atoms with van der Waals surface area (Å²) in [7, 11) is 0. The molecule has 8 heteroatoms. The van der Waals surface area contributed by atoms with E-state index >= 15 is 0 Å². The van der Waals surface area contributed by atoms with Gasteiger partial charge < -0.3 is 9.84 Å². The van der Waals surface area contributed by atoms with Crippen LogP contribution in [-0.2, 0) is 0 Å². The smallest absolute Gasteiger partial charge is 0.279 e. The van der Waals surface area contributed by atoms with Crippen LogP contribution in [-0.4, -0.2) is 25.8 Å². The molecule has 0 saturated carbocycles. The third kappa shape index (κ3) is 3.30. The fourth-order valence-electron chi connectivity index (χ4n) is 2.99. The molecule has 29 heavy (non-hydrogen) atoms. The van der Waals surface area contributed by atoms with Crippen molar-refractivity contribution < 1.29 is 9.32 Å². The van der Waals surface area contributed by atoms with Crippen molar-refractivity contribution in [2.45, 2.75) is 6.92 Å². The molecule has 0 bridgehead atoms. The first kappa shape index (κ1) is 17.3. The summed E-state index contributed by atoms with van der Waals surface area (Å²) in [4.78, 5) is 17.3. The first-order chi connectivity index (χ1) is 14.2. The predicted molar refractivity (Wildman–Crippen MR) is 111 cm³/mol. The molecule has 2 aromatic carbocycles. The van der Waals surface area contributed by atoms with E-state index in [1.165, 1.54) is 11.3 Å². The van der Waals surface area contributed by atoms with E-state index in [4.69, 9.17) is 4.52 Å². The maximum atomic E-state index is 12.7. The molecule has 0 atom stereocenters. The van der Waals surface area contributed by atoms with Gasteiger partial charge in [0.15, 0.2) is 11.5 Å². The van der Waals surface area contributed by atoms with Crippen LogP contribution in [0.1, 0.15) is 16.2 Å². The first-order valence-electron chi connectivity index (χ1n) is 8.93. The molecule has 0 aliphatic carbocycles. The summed E-state index contributed by atoms with van der Waals surface area (Å²) >= 11 is 1.51. The van der Waals surface area contributed by atoms with E-state index in [1.54, 1.807) is 16.8 Å². The minimum atomic E-state index is -0.377. The second kappa shape index (κ2) is 6.99. The van der Waals surface area contributed by atoms with Crippen LogP contribution in [0.5, 0.6) is 0 Å². The van der Waals surface area contributed by atoms with Gasteiger partial charge in [0.25, 0.3) is 5.91 Å². The third-order valence-electron chi connectivity index (χ3n) is 4.34. The topological polar surface area (TPSA) is 85.8 Å². The highest BCUT2D eigenvalue weighted by atomic mass is 32.1. The number of aryl methyl sites for hydroxylation is 1. The Balaban J connectivity index is 1.44. The highest BCUT2D eigenvalue weighted by Crippen LogP contribution is 2.27. The van der Waals surface area contributed by atoms with Gasteiger partial charge in [0, 0.05) is 17.7 Å². The van der Waals surface area contributed by atoms with Crippen LogP contribution in [0, 0.1) is 6.92 Å². The van der Waals surface area contributed by atoms with E-state index in [1.807, 2.05) is 61.5 Å². The minimum Gasteiger partial charge on any atom is -0.355 e. The molecule has 0 saturated heterocycles. The van der Waals surface area contributed by atoms with Crippen molar-refractivity contribution in [1.82, 2.24) is 19.9 Å². The van der Waals surface area contributed by atoms with E-state index in [0.29, 0.717) is 16.7 Å². The largest absolute Gasteiger partial charge is 0.355 e. The Morgan fingerprint density at radius 3 is 2.69 bits per heavy atom. The number of hydrogen-bond acceptors (Lipinski definition) is 6. The fourth-order valence-corrected chi connectivity index (χ4v) is 3.92. The lowest BCUT2D eigenvalue weighted by atomic mass is 10.1. The van der Waals surface area contributed by atoms with Gasteiger partial charge in [-0.3, -0.25) is 4.79 Å². The molecule has 3 aromatic heterocycles. The molecular weight excluding hydrogens is 386 g/mol. The molecule has 3 heterocycles. The highest BCUT2D eigenvalue weighted by molar-refractivity contribution is 7.20. The summed E-state index contributed by atoms with van der Waals surface area (Å²) < 4.78 is 8.01. The standard InChI is InChI=1S/C21H15N5O2S/c1-13-11-19(26(24-13)21-22-15-9-5-6-10-18(15)29-21)23-20(27)16-12-17(28-25-16)14-7-3-2-4-8-14/h2-12H,1H3,(H,23,27). The minimum absolute atomic E-state index is 0.193. The molecule has 0 unspecified atom stereocenters. The summed E-state index contributed by atoms with van der Waals surface area (Å²) in [5.74, 6) is 0.681. The Bertz CT molecular complexity index is 1290. The number of anilines is 1. The van der Waals surface area contributed by atoms with Gasteiger partial charge in [0.2, 0.25) is 5.13 Å². The number of carbonyl (C=O) groups is 1. The van der Waals surface area contributed by atoms with Gasteiger partial charge in [0.05, 0.1) is 15.9 Å². The molecule has 5 aromatic rings. The molecule has 0 aliphatic rings. The van der Waals surface area contributed by atoms with Gasteiger partial charge in [-0.15, -0.1) is 0 Å². The summed E-state index contributed by atoms with van der Waals surface area (Å²) in [5, 5.41) is 11.9. The second-order valence-corrected chi connectivity index (χ2v) is 7.45. The Morgan fingerprint density at radius 1 is 1.07 bits per heavy atom. The van der Waals surface area contributed by atoms with Gasteiger partial charge in [0.1, 0.15) is 5.82 Å².